The third-order valence-corrected chi connectivity index (χ3v) is 7.06. The Morgan fingerprint density at radius 2 is 1.24 bits per heavy atom. The Bertz CT molecular complexity index is 344. The highest BCUT2D eigenvalue weighted by Gasteiger charge is 2.62. The molecule has 1 atom stereocenters. The summed E-state index contributed by atoms with van der Waals surface area (Å²) in [5.41, 5.74) is -0.844. The third-order valence-electron chi connectivity index (χ3n) is 3.56. The fourth-order valence-corrected chi connectivity index (χ4v) is 6.66. The van der Waals surface area contributed by atoms with Crippen molar-refractivity contribution in [2.75, 3.05) is 0 Å². The summed E-state index contributed by atoms with van der Waals surface area (Å²) in [6.45, 7) is 15.6. The molecule has 0 bridgehead atoms. The molecule has 0 heterocycles. The monoisotopic (exact) mass is 282 g/mol. The number of rotatable bonds is 3. The highest BCUT2D eigenvalue weighted by Crippen LogP contribution is 2.54. The van der Waals surface area contributed by atoms with Crippen LogP contribution in [0.1, 0.15) is 55.4 Å². The maximum atomic E-state index is 12.5. The Morgan fingerprint density at radius 1 is 0.941 bits per heavy atom. The zero-order valence-electron chi connectivity index (χ0n) is 12.3. The molecule has 0 aliphatic carbocycles. The highest BCUT2D eigenvalue weighted by molar-refractivity contribution is 7.90. The van der Waals surface area contributed by atoms with E-state index < -0.39 is 25.7 Å². The van der Waals surface area contributed by atoms with Gasteiger partial charge in [-0.15, -0.1) is 0 Å². The molecule has 5 heteroatoms. The molecule has 0 amide bonds. The van der Waals surface area contributed by atoms with Crippen molar-refractivity contribution in [1.82, 2.24) is 0 Å². The summed E-state index contributed by atoms with van der Waals surface area (Å²) in [5, 5.41) is 0. The van der Waals surface area contributed by atoms with Gasteiger partial charge in [0.05, 0.1) is 0 Å². The van der Waals surface area contributed by atoms with E-state index in [1.807, 2.05) is 64.9 Å². The average molecular weight is 282 g/mol. The van der Waals surface area contributed by atoms with Gasteiger partial charge in [0.15, 0.2) is 0 Å². The van der Waals surface area contributed by atoms with E-state index in [-0.39, 0.29) is 5.92 Å². The number of hydrogen-bond donors (Lipinski definition) is 0. The van der Waals surface area contributed by atoms with Crippen LogP contribution in [0, 0.1) is 16.7 Å². The van der Waals surface area contributed by atoms with Crippen LogP contribution in [0.2, 0.25) is 0 Å². The van der Waals surface area contributed by atoms with Gasteiger partial charge in [-0.3, -0.25) is 3.97 Å². The lowest BCUT2D eigenvalue weighted by Gasteiger charge is -2.54. The Morgan fingerprint density at radius 3 is 1.29 bits per heavy atom. The van der Waals surface area contributed by atoms with Crippen molar-refractivity contribution >= 4 is 19.6 Å². The van der Waals surface area contributed by atoms with Gasteiger partial charge in [0.1, 0.15) is 4.75 Å². The van der Waals surface area contributed by atoms with Crippen LogP contribution < -0.4 is 0 Å². The van der Waals surface area contributed by atoms with Crippen molar-refractivity contribution in [2.45, 2.75) is 60.1 Å². The van der Waals surface area contributed by atoms with Gasteiger partial charge >= 0.3 is 0 Å². The lowest BCUT2D eigenvalue weighted by molar-refractivity contribution is 0.0796. The quantitative estimate of drug-likeness (QED) is 0.743. The Hall–Kier alpha value is 0.340. The lowest BCUT2D eigenvalue weighted by atomic mass is 9.61. The van der Waals surface area contributed by atoms with E-state index in [0.29, 0.717) is 0 Å². The smallest absolute Gasteiger partial charge is 0.254 e. The minimum Gasteiger partial charge on any atom is -0.254 e. The Balaban J connectivity index is 6.39. The van der Waals surface area contributed by atoms with Gasteiger partial charge < -0.3 is 0 Å². The van der Waals surface area contributed by atoms with E-state index >= 15 is 0 Å². The molecule has 0 spiro atoms. The molecule has 0 aliphatic rings. The molecular formula is C12H27O3PS. The Kier molecular flexibility index (Phi) is 4.88. The molecule has 1 unspecified atom stereocenters. The third kappa shape index (κ3) is 2.54. The van der Waals surface area contributed by atoms with E-state index in [0.717, 1.165) is 0 Å². The molecule has 0 rings (SSSR count). The number of hydrogen-bond acceptors (Lipinski definition) is 3. The first-order valence-electron chi connectivity index (χ1n) is 5.88. The lowest BCUT2D eigenvalue weighted by Crippen LogP contribution is -2.62. The normalized spacial score (nSPS) is 15.4. The largest absolute Gasteiger partial charge is 0.276 e. The molecule has 0 aliphatic heterocycles. The van der Waals surface area contributed by atoms with Crippen LogP contribution >= 0.6 is 9.47 Å². The van der Waals surface area contributed by atoms with Crippen LogP contribution in [-0.2, 0) is 14.1 Å². The van der Waals surface area contributed by atoms with Crippen molar-refractivity contribution < 1.29 is 12.4 Å². The van der Waals surface area contributed by atoms with Crippen LogP contribution in [0.5, 0.6) is 0 Å². The zero-order valence-corrected chi connectivity index (χ0v) is 14.3. The van der Waals surface area contributed by atoms with Gasteiger partial charge in [-0.2, -0.15) is 8.42 Å². The summed E-state index contributed by atoms with van der Waals surface area (Å²) in [4.78, 5) is 0. The molecule has 0 saturated carbocycles. The second kappa shape index (κ2) is 4.79. The summed E-state index contributed by atoms with van der Waals surface area (Å²) in [6.07, 6.45) is 0. The first-order chi connectivity index (χ1) is 7.25. The fourth-order valence-electron chi connectivity index (χ4n) is 3.97. The zero-order chi connectivity index (χ0) is 14.3. The molecule has 0 saturated heterocycles. The van der Waals surface area contributed by atoms with Crippen LogP contribution in [0.4, 0.5) is 0 Å². The van der Waals surface area contributed by atoms with E-state index in [2.05, 4.69) is 0 Å². The summed E-state index contributed by atoms with van der Waals surface area (Å²) >= 11 is 0. The van der Waals surface area contributed by atoms with Gasteiger partial charge in [-0.05, 0) is 16.7 Å². The van der Waals surface area contributed by atoms with Crippen LogP contribution in [0.25, 0.3) is 0 Å². The van der Waals surface area contributed by atoms with Crippen molar-refractivity contribution in [3.8, 4) is 0 Å². The molecule has 0 aromatic rings. The minimum atomic E-state index is -3.67. The van der Waals surface area contributed by atoms with Crippen LogP contribution in [0.15, 0.2) is 0 Å². The predicted molar refractivity (Wildman–Crippen MR) is 76.2 cm³/mol. The predicted octanol–water partition coefficient (Wildman–Crippen LogP) is 3.61. The minimum absolute atomic E-state index is 0.0481. The molecule has 0 fully saturated rings. The summed E-state index contributed by atoms with van der Waals surface area (Å²) in [6, 6.07) is 0. The van der Waals surface area contributed by atoms with Gasteiger partial charge in [-0.1, -0.05) is 55.4 Å². The first kappa shape index (κ1) is 17.3. The Labute approximate surface area is 109 Å². The molecule has 0 radical (unpaired) electrons. The van der Waals surface area contributed by atoms with Gasteiger partial charge in [0.2, 0.25) is 0 Å². The molecule has 17 heavy (non-hydrogen) atoms. The fraction of sp³-hybridized carbons (Fsp3) is 1.00. The first-order valence-corrected chi connectivity index (χ1v) is 7.76. The summed E-state index contributed by atoms with van der Waals surface area (Å²) in [5.74, 6) is -0.0481. The van der Waals surface area contributed by atoms with Gasteiger partial charge in [0, 0.05) is 9.47 Å². The van der Waals surface area contributed by atoms with Crippen molar-refractivity contribution in [2.24, 2.45) is 16.7 Å². The maximum absolute atomic E-state index is 12.5. The van der Waals surface area contributed by atoms with E-state index in [9.17, 15) is 8.42 Å². The van der Waals surface area contributed by atoms with Gasteiger partial charge in [-0.25, -0.2) is 0 Å². The highest BCUT2D eigenvalue weighted by atomic mass is 32.2. The van der Waals surface area contributed by atoms with E-state index in [1.54, 1.807) is 0 Å². The van der Waals surface area contributed by atoms with E-state index in [4.69, 9.17) is 3.97 Å². The average Bonchev–Trinajstić information content (AvgIpc) is 1.97. The molecule has 0 N–H and O–H groups in total. The van der Waals surface area contributed by atoms with Crippen LogP contribution in [0.3, 0.4) is 0 Å². The maximum Gasteiger partial charge on any atom is 0.276 e. The topological polar surface area (TPSA) is 43.4 Å². The van der Waals surface area contributed by atoms with Crippen molar-refractivity contribution in [3.63, 3.8) is 0 Å². The second-order valence-electron chi connectivity index (χ2n) is 6.94. The molecule has 0 aromatic heterocycles. The van der Waals surface area contributed by atoms with Gasteiger partial charge in [0.25, 0.3) is 10.1 Å². The summed E-state index contributed by atoms with van der Waals surface area (Å²) < 4.78 is 28.9. The SMILES string of the molecule is CC(C)C(C(C)(C)C)(C(C)(C)C)S(=O)(=O)OP. The van der Waals surface area contributed by atoms with Crippen LogP contribution in [-0.4, -0.2) is 13.2 Å². The van der Waals surface area contributed by atoms with Crippen molar-refractivity contribution in [1.29, 1.82) is 0 Å². The standard InChI is InChI=1S/C12H27O3PS/c1-9(2)12(10(3,4)5,11(6,7)8)17(13,14)15-16/h9H,16H2,1-8H3. The summed E-state index contributed by atoms with van der Waals surface area (Å²) in [7, 11) is -1.79. The molecule has 3 nitrogen and oxygen atoms in total. The molecular weight excluding hydrogens is 255 g/mol. The van der Waals surface area contributed by atoms with Crippen molar-refractivity contribution in [3.05, 3.63) is 0 Å². The van der Waals surface area contributed by atoms with E-state index in [1.165, 1.54) is 0 Å². The second-order valence-corrected chi connectivity index (χ2v) is 9.26. The molecule has 104 valence electrons. The molecule has 0 aromatic carbocycles.